The van der Waals surface area contributed by atoms with E-state index in [1.54, 1.807) is 18.3 Å². The summed E-state index contributed by atoms with van der Waals surface area (Å²) in [5.41, 5.74) is 2.42. The van der Waals surface area contributed by atoms with Gasteiger partial charge in [0.2, 0.25) is 0 Å². The van der Waals surface area contributed by atoms with Crippen LogP contribution in [-0.4, -0.2) is 37.4 Å². The van der Waals surface area contributed by atoms with Crippen LogP contribution in [-0.2, 0) is 14.6 Å². The van der Waals surface area contributed by atoms with Crippen molar-refractivity contribution >= 4 is 47.7 Å². The minimum absolute atomic E-state index is 0.0968. The highest BCUT2D eigenvalue weighted by atomic mass is 79.9. The minimum Gasteiger partial charge on any atom is -0.381 e. The average molecular weight is 535 g/mol. The van der Waals surface area contributed by atoms with Crippen molar-refractivity contribution in [2.45, 2.75) is 23.8 Å². The molecule has 2 aromatic carbocycles. The highest BCUT2D eigenvalue weighted by Gasteiger charge is 2.31. The second-order valence-corrected chi connectivity index (χ2v) is 11.3. The summed E-state index contributed by atoms with van der Waals surface area (Å²) in [5, 5.41) is 0.268. The van der Waals surface area contributed by atoms with Crippen LogP contribution in [0.25, 0.3) is 21.9 Å². The third-order valence-electron chi connectivity index (χ3n) is 6.26. The molecule has 0 radical (unpaired) electrons. The zero-order valence-electron chi connectivity index (χ0n) is 17.8. The molecule has 1 aliphatic heterocycles. The molecule has 0 saturated carbocycles. The highest BCUT2D eigenvalue weighted by Crippen LogP contribution is 2.42. The summed E-state index contributed by atoms with van der Waals surface area (Å²) in [6.45, 7) is 1.18. The van der Waals surface area contributed by atoms with Crippen LogP contribution in [0.5, 0.6) is 0 Å². The summed E-state index contributed by atoms with van der Waals surface area (Å²) in [4.78, 5) is 4.38. The first-order valence-corrected chi connectivity index (χ1v) is 13.2. The molecule has 5 nitrogen and oxygen atoms in total. The van der Waals surface area contributed by atoms with Gasteiger partial charge >= 0.3 is 0 Å². The van der Waals surface area contributed by atoms with Crippen molar-refractivity contribution < 1.29 is 21.9 Å². The largest absolute Gasteiger partial charge is 0.381 e. The monoisotopic (exact) mass is 534 g/mol. The molecule has 33 heavy (non-hydrogen) atoms. The Morgan fingerprint density at radius 2 is 1.79 bits per heavy atom. The number of nitrogens with zero attached hydrogens (tertiary/aromatic N) is 2. The third-order valence-corrected chi connectivity index (χ3v) is 7.79. The van der Waals surface area contributed by atoms with Gasteiger partial charge in [0.25, 0.3) is 0 Å². The van der Waals surface area contributed by atoms with Gasteiger partial charge in [0.1, 0.15) is 11.6 Å². The van der Waals surface area contributed by atoms with Crippen LogP contribution >= 0.6 is 15.9 Å². The number of hydrogen-bond donors (Lipinski definition) is 0. The average Bonchev–Trinajstić information content (AvgIpc) is 3.09. The molecule has 1 atom stereocenters. The lowest BCUT2D eigenvalue weighted by atomic mass is 9.86. The molecule has 1 unspecified atom stereocenters. The molecular weight excluding hydrogens is 514 g/mol. The fourth-order valence-electron chi connectivity index (χ4n) is 4.76. The van der Waals surface area contributed by atoms with E-state index in [1.165, 1.54) is 18.2 Å². The molecule has 0 amide bonds. The fourth-order valence-corrected chi connectivity index (χ4v) is 5.73. The van der Waals surface area contributed by atoms with E-state index in [1.807, 2.05) is 10.6 Å². The maximum atomic E-state index is 15.4. The number of rotatable bonds is 4. The Morgan fingerprint density at radius 1 is 1.09 bits per heavy atom. The first-order chi connectivity index (χ1) is 15.7. The predicted octanol–water partition coefficient (Wildman–Crippen LogP) is 5.65. The van der Waals surface area contributed by atoms with E-state index in [4.69, 9.17) is 4.74 Å². The van der Waals surface area contributed by atoms with Crippen molar-refractivity contribution in [1.82, 2.24) is 9.55 Å². The normalized spacial score (nSPS) is 16.5. The van der Waals surface area contributed by atoms with Crippen molar-refractivity contribution in [3.05, 3.63) is 70.3 Å². The summed E-state index contributed by atoms with van der Waals surface area (Å²) in [5.74, 6) is -0.871. The molecule has 1 fully saturated rings. The molecule has 5 rings (SSSR count). The van der Waals surface area contributed by atoms with Crippen molar-refractivity contribution in [2.75, 3.05) is 19.5 Å². The Labute approximate surface area is 198 Å². The number of fused-ring (bicyclic) bond motifs is 3. The topological polar surface area (TPSA) is 61.2 Å². The van der Waals surface area contributed by atoms with E-state index in [0.717, 1.165) is 30.7 Å². The summed E-state index contributed by atoms with van der Waals surface area (Å²) in [6.07, 6.45) is 4.18. The number of halogens is 3. The first-order valence-electron chi connectivity index (χ1n) is 10.6. The smallest absolute Gasteiger partial charge is 0.175 e. The summed E-state index contributed by atoms with van der Waals surface area (Å²) in [6, 6.07) is 10.4. The maximum absolute atomic E-state index is 15.4. The van der Waals surface area contributed by atoms with Crippen LogP contribution < -0.4 is 0 Å². The van der Waals surface area contributed by atoms with Gasteiger partial charge in [-0.3, -0.25) is 4.98 Å². The fraction of sp³-hybridized carbons (Fsp3) is 0.292. The first kappa shape index (κ1) is 22.4. The molecule has 0 spiro atoms. The Kier molecular flexibility index (Phi) is 5.74. The molecule has 1 saturated heterocycles. The van der Waals surface area contributed by atoms with Gasteiger partial charge in [0, 0.05) is 30.1 Å². The van der Waals surface area contributed by atoms with E-state index in [2.05, 4.69) is 20.9 Å². The lowest BCUT2D eigenvalue weighted by molar-refractivity contribution is 0.0552. The van der Waals surface area contributed by atoms with Gasteiger partial charge in [0.05, 0.1) is 32.9 Å². The van der Waals surface area contributed by atoms with E-state index in [-0.39, 0.29) is 28.1 Å². The molecule has 2 aromatic heterocycles. The van der Waals surface area contributed by atoms with E-state index in [0.29, 0.717) is 34.2 Å². The molecule has 1 aliphatic rings. The maximum Gasteiger partial charge on any atom is 0.175 e. The van der Waals surface area contributed by atoms with Gasteiger partial charge in [-0.1, -0.05) is 12.1 Å². The van der Waals surface area contributed by atoms with Gasteiger partial charge < -0.3 is 9.30 Å². The lowest BCUT2D eigenvalue weighted by Crippen LogP contribution is -2.27. The Hall–Kier alpha value is -2.36. The standard InChI is InChI=1S/C24H21BrF2N2O3S/c1-33(30,31)18-11-19(27)22-20(12-18)29(21-10-16(25)13-28-23(21)22)24(15-6-8-32-9-7-15)14-2-4-17(26)5-3-14/h2-5,10-13,15,24H,6-9H2,1H3. The van der Waals surface area contributed by atoms with Crippen LogP contribution in [0.4, 0.5) is 8.78 Å². The summed E-state index contributed by atoms with van der Waals surface area (Å²) in [7, 11) is -3.65. The quantitative estimate of drug-likeness (QED) is 0.339. The van der Waals surface area contributed by atoms with E-state index >= 15 is 4.39 Å². The van der Waals surface area contributed by atoms with Gasteiger partial charge in [-0.25, -0.2) is 17.2 Å². The van der Waals surface area contributed by atoms with Crippen molar-refractivity contribution in [2.24, 2.45) is 5.92 Å². The van der Waals surface area contributed by atoms with Crippen molar-refractivity contribution in [3.63, 3.8) is 0 Å². The van der Waals surface area contributed by atoms with Gasteiger partial charge in [-0.15, -0.1) is 0 Å². The molecular formula is C24H21BrF2N2O3S. The number of ether oxygens (including phenoxy) is 1. The van der Waals surface area contributed by atoms with Gasteiger partial charge in [0.15, 0.2) is 9.84 Å². The third kappa shape index (κ3) is 4.06. The molecule has 0 bridgehead atoms. The summed E-state index contributed by atoms with van der Waals surface area (Å²) >= 11 is 3.46. The number of sulfone groups is 1. The summed E-state index contributed by atoms with van der Waals surface area (Å²) < 4.78 is 62.1. The number of benzene rings is 2. The van der Waals surface area contributed by atoms with Crippen molar-refractivity contribution in [3.8, 4) is 0 Å². The SMILES string of the molecule is CS(=O)(=O)c1cc(F)c2c3ncc(Br)cc3n(C(c3ccc(F)cc3)C3CCOCC3)c2c1. The van der Waals surface area contributed by atoms with Crippen LogP contribution in [0.15, 0.2) is 58.0 Å². The van der Waals surface area contributed by atoms with Crippen LogP contribution in [0.1, 0.15) is 24.4 Å². The lowest BCUT2D eigenvalue weighted by Gasteiger charge is -2.33. The molecule has 0 N–H and O–H groups in total. The van der Waals surface area contributed by atoms with Gasteiger partial charge in [-0.05, 0) is 70.6 Å². The zero-order chi connectivity index (χ0) is 23.3. The molecule has 9 heteroatoms. The highest BCUT2D eigenvalue weighted by molar-refractivity contribution is 9.10. The predicted molar refractivity (Wildman–Crippen MR) is 126 cm³/mol. The van der Waals surface area contributed by atoms with Gasteiger partial charge in [-0.2, -0.15) is 0 Å². The van der Waals surface area contributed by atoms with Crippen LogP contribution in [0.3, 0.4) is 0 Å². The van der Waals surface area contributed by atoms with E-state index < -0.39 is 15.7 Å². The molecule has 0 aliphatic carbocycles. The molecule has 4 aromatic rings. The van der Waals surface area contributed by atoms with Crippen LogP contribution in [0, 0.1) is 17.6 Å². The minimum atomic E-state index is -3.65. The second kappa shape index (κ2) is 8.45. The number of aromatic nitrogens is 2. The van der Waals surface area contributed by atoms with Crippen molar-refractivity contribution in [1.29, 1.82) is 0 Å². The van der Waals surface area contributed by atoms with E-state index in [9.17, 15) is 12.8 Å². The Balaban J connectivity index is 1.90. The zero-order valence-corrected chi connectivity index (χ0v) is 20.2. The second-order valence-electron chi connectivity index (χ2n) is 8.41. The molecule has 3 heterocycles. The Bertz CT molecular complexity index is 1460. The number of hydrogen-bond acceptors (Lipinski definition) is 4. The van der Waals surface area contributed by atoms with Crippen LogP contribution in [0.2, 0.25) is 0 Å². The molecule has 172 valence electrons. The Morgan fingerprint density at radius 3 is 2.45 bits per heavy atom. The number of pyridine rings is 1.